The molecule has 0 bridgehead atoms. The molecule has 1 aliphatic rings. The molecular formula is C16H22ClN5O4S. The van der Waals surface area contributed by atoms with Crippen LogP contribution in [0.15, 0.2) is 24.3 Å². The lowest BCUT2D eigenvalue weighted by Crippen LogP contribution is -2.31. The number of halogens is 1. The van der Waals surface area contributed by atoms with E-state index < -0.39 is 10.0 Å². The molecule has 1 aromatic heterocycles. The number of carbonyl (C=O) groups is 1. The number of fused-ring (bicyclic) bond motifs is 1. The number of H-pyrrole nitrogens is 1. The van der Waals surface area contributed by atoms with Crippen LogP contribution in [0.3, 0.4) is 0 Å². The van der Waals surface area contributed by atoms with Gasteiger partial charge in [-0.15, -0.1) is 12.4 Å². The van der Waals surface area contributed by atoms with Gasteiger partial charge in [0.05, 0.1) is 12.8 Å². The van der Waals surface area contributed by atoms with Gasteiger partial charge in [-0.25, -0.2) is 8.42 Å². The maximum Gasteiger partial charge on any atom is 0.272 e. The smallest absolute Gasteiger partial charge is 0.272 e. The van der Waals surface area contributed by atoms with Crippen LogP contribution in [0, 0.1) is 0 Å². The second-order valence-electron chi connectivity index (χ2n) is 5.96. The highest BCUT2D eigenvalue weighted by Crippen LogP contribution is 2.17. The zero-order chi connectivity index (χ0) is 18.6. The second-order valence-corrected chi connectivity index (χ2v) is 7.71. The van der Waals surface area contributed by atoms with Crippen LogP contribution in [-0.2, 0) is 23.0 Å². The van der Waals surface area contributed by atoms with Gasteiger partial charge in [-0.3, -0.25) is 14.6 Å². The van der Waals surface area contributed by atoms with E-state index in [1.165, 1.54) is 0 Å². The van der Waals surface area contributed by atoms with Crippen LogP contribution in [0.2, 0.25) is 0 Å². The van der Waals surface area contributed by atoms with E-state index in [1.807, 2.05) is 0 Å². The summed E-state index contributed by atoms with van der Waals surface area (Å²) >= 11 is 0. The molecule has 1 aliphatic heterocycles. The number of aromatic nitrogens is 2. The first-order chi connectivity index (χ1) is 12.4. The highest BCUT2D eigenvalue weighted by atomic mass is 35.5. The predicted molar refractivity (Wildman–Crippen MR) is 104 cm³/mol. The van der Waals surface area contributed by atoms with Crippen LogP contribution in [0.4, 0.5) is 5.69 Å². The minimum Gasteiger partial charge on any atom is -0.492 e. The Morgan fingerprint density at radius 3 is 2.74 bits per heavy atom. The minimum absolute atomic E-state index is 0. The van der Waals surface area contributed by atoms with Gasteiger partial charge in [-0.05, 0) is 24.3 Å². The molecule has 4 N–H and O–H groups in total. The number of amides is 1. The molecule has 0 atom stereocenters. The molecule has 0 radical (unpaired) electrons. The highest BCUT2D eigenvalue weighted by molar-refractivity contribution is 7.92. The third-order valence-corrected chi connectivity index (χ3v) is 4.44. The molecule has 3 rings (SSSR count). The monoisotopic (exact) mass is 415 g/mol. The first kappa shape index (κ1) is 21.0. The van der Waals surface area contributed by atoms with Crippen molar-refractivity contribution in [2.45, 2.75) is 13.0 Å². The molecule has 0 spiro atoms. The maximum atomic E-state index is 12.2. The number of carbonyl (C=O) groups excluding carboxylic acids is 1. The van der Waals surface area contributed by atoms with Crippen molar-refractivity contribution in [1.29, 1.82) is 0 Å². The molecule has 11 heteroatoms. The van der Waals surface area contributed by atoms with Gasteiger partial charge in [-0.2, -0.15) is 5.10 Å². The first-order valence-electron chi connectivity index (χ1n) is 8.18. The largest absolute Gasteiger partial charge is 0.492 e. The summed E-state index contributed by atoms with van der Waals surface area (Å²) in [7, 11) is -3.30. The summed E-state index contributed by atoms with van der Waals surface area (Å²) in [6, 6.07) is 6.53. The summed E-state index contributed by atoms with van der Waals surface area (Å²) in [5.74, 6) is 0.349. The third kappa shape index (κ3) is 5.84. The Labute approximate surface area is 163 Å². The fraction of sp³-hybridized carbons (Fsp3) is 0.375. The Morgan fingerprint density at radius 1 is 1.30 bits per heavy atom. The van der Waals surface area contributed by atoms with Crippen LogP contribution >= 0.6 is 12.4 Å². The van der Waals surface area contributed by atoms with Gasteiger partial charge in [0.25, 0.3) is 5.91 Å². The third-order valence-electron chi connectivity index (χ3n) is 3.84. The molecule has 0 fully saturated rings. The number of ether oxygens (including phenoxy) is 1. The summed E-state index contributed by atoms with van der Waals surface area (Å²) in [6.45, 7) is 2.13. The number of nitrogens with zero attached hydrogens (tertiary/aromatic N) is 1. The summed E-state index contributed by atoms with van der Waals surface area (Å²) in [5.41, 5.74) is 2.81. The van der Waals surface area contributed by atoms with E-state index in [4.69, 9.17) is 4.74 Å². The van der Waals surface area contributed by atoms with Crippen LogP contribution in [0.5, 0.6) is 5.75 Å². The maximum absolute atomic E-state index is 12.2. The van der Waals surface area contributed by atoms with Gasteiger partial charge in [0, 0.05) is 36.5 Å². The molecule has 1 aromatic carbocycles. The molecule has 148 valence electrons. The summed E-state index contributed by atoms with van der Waals surface area (Å²) in [6.07, 6.45) is 1.93. The SMILES string of the molecule is CS(=O)(=O)Nc1ccc(OCCNC(=O)c2n[nH]c3c2CNCC3)cc1.Cl. The van der Waals surface area contributed by atoms with Crippen LogP contribution in [-0.4, -0.2) is 50.5 Å². The lowest BCUT2D eigenvalue weighted by Gasteiger charge is -2.13. The standard InChI is InChI=1S/C16H21N5O4S.ClH/c1-26(23,24)21-11-2-4-12(5-3-11)25-9-8-18-16(22)15-13-10-17-7-6-14(13)19-20-15;/h2-5,17,21H,6-10H2,1H3,(H,18,22)(H,19,20);1H. The Kier molecular flexibility index (Phi) is 7.05. The van der Waals surface area contributed by atoms with Gasteiger partial charge in [-0.1, -0.05) is 0 Å². The summed E-state index contributed by atoms with van der Waals surface area (Å²) in [5, 5.41) is 13.0. The van der Waals surface area contributed by atoms with Crippen molar-refractivity contribution in [3.63, 3.8) is 0 Å². The van der Waals surface area contributed by atoms with E-state index in [0.717, 1.165) is 30.5 Å². The van der Waals surface area contributed by atoms with Gasteiger partial charge >= 0.3 is 0 Å². The number of nitrogens with one attached hydrogen (secondary N) is 4. The topological polar surface area (TPSA) is 125 Å². The number of hydrogen-bond acceptors (Lipinski definition) is 6. The Morgan fingerprint density at radius 2 is 2.04 bits per heavy atom. The number of aromatic amines is 1. The molecule has 0 aliphatic carbocycles. The molecular weight excluding hydrogens is 394 g/mol. The van der Waals surface area contributed by atoms with Crippen molar-refractivity contribution in [3.8, 4) is 5.75 Å². The van der Waals surface area contributed by atoms with Gasteiger partial charge in [0.2, 0.25) is 10.0 Å². The number of anilines is 1. The lowest BCUT2D eigenvalue weighted by atomic mass is 10.1. The number of rotatable bonds is 7. The quantitative estimate of drug-likeness (QED) is 0.492. The number of sulfonamides is 1. The number of benzene rings is 1. The van der Waals surface area contributed by atoms with Crippen molar-refractivity contribution < 1.29 is 17.9 Å². The summed E-state index contributed by atoms with van der Waals surface area (Å²) in [4.78, 5) is 12.2. The van der Waals surface area contributed by atoms with E-state index in [1.54, 1.807) is 24.3 Å². The zero-order valence-corrected chi connectivity index (χ0v) is 16.4. The van der Waals surface area contributed by atoms with E-state index in [0.29, 0.717) is 30.2 Å². The Hall–Kier alpha value is -2.30. The van der Waals surface area contributed by atoms with Crippen molar-refractivity contribution in [2.24, 2.45) is 0 Å². The van der Waals surface area contributed by atoms with Crippen molar-refractivity contribution >= 4 is 34.0 Å². The molecule has 2 aromatic rings. The summed E-state index contributed by atoms with van der Waals surface area (Å²) < 4.78 is 30.2. The van der Waals surface area contributed by atoms with Crippen LogP contribution in [0.25, 0.3) is 0 Å². The zero-order valence-electron chi connectivity index (χ0n) is 14.7. The van der Waals surface area contributed by atoms with Gasteiger partial charge in [0.1, 0.15) is 12.4 Å². The molecule has 2 heterocycles. The highest BCUT2D eigenvalue weighted by Gasteiger charge is 2.21. The predicted octanol–water partition coefficient (Wildman–Crippen LogP) is 0.658. The van der Waals surface area contributed by atoms with E-state index >= 15 is 0 Å². The molecule has 9 nitrogen and oxygen atoms in total. The van der Waals surface area contributed by atoms with Crippen LogP contribution < -0.4 is 20.1 Å². The molecule has 27 heavy (non-hydrogen) atoms. The second kappa shape index (κ2) is 9.07. The fourth-order valence-electron chi connectivity index (χ4n) is 2.66. The molecule has 0 saturated heterocycles. The first-order valence-corrected chi connectivity index (χ1v) is 10.1. The van der Waals surface area contributed by atoms with E-state index in [2.05, 4.69) is 25.6 Å². The molecule has 1 amide bonds. The van der Waals surface area contributed by atoms with E-state index in [9.17, 15) is 13.2 Å². The van der Waals surface area contributed by atoms with Crippen molar-refractivity contribution in [3.05, 3.63) is 41.2 Å². The Balaban J connectivity index is 0.00000261. The van der Waals surface area contributed by atoms with E-state index in [-0.39, 0.29) is 24.9 Å². The van der Waals surface area contributed by atoms with Gasteiger partial charge in [0.15, 0.2) is 5.69 Å². The molecule has 0 saturated carbocycles. The van der Waals surface area contributed by atoms with Gasteiger partial charge < -0.3 is 15.4 Å². The fourth-order valence-corrected chi connectivity index (χ4v) is 3.23. The minimum atomic E-state index is -3.30. The normalized spacial score (nSPS) is 13.2. The lowest BCUT2D eigenvalue weighted by molar-refractivity contribution is 0.0941. The van der Waals surface area contributed by atoms with Crippen LogP contribution in [0.1, 0.15) is 21.7 Å². The number of hydrogen-bond donors (Lipinski definition) is 4. The average Bonchev–Trinajstić information content (AvgIpc) is 3.03. The Bertz CT molecular complexity index is 883. The van der Waals surface area contributed by atoms with Crippen molar-refractivity contribution in [2.75, 3.05) is 30.7 Å². The molecule has 0 unspecified atom stereocenters. The average molecular weight is 416 g/mol. The van der Waals surface area contributed by atoms with Crippen molar-refractivity contribution in [1.82, 2.24) is 20.8 Å².